The molecule has 2 unspecified atom stereocenters. The van der Waals surface area contributed by atoms with Crippen molar-refractivity contribution in [3.63, 3.8) is 0 Å². The molecule has 71 heavy (non-hydrogen) atoms. The van der Waals surface area contributed by atoms with Crippen LogP contribution in [0.25, 0.3) is 0 Å². The molecule has 0 bridgehead atoms. The average Bonchev–Trinajstić information content (AvgIpc) is 3.60. The van der Waals surface area contributed by atoms with Gasteiger partial charge in [-0.2, -0.15) is 0 Å². The third-order valence-electron chi connectivity index (χ3n) is 15.7. The Bertz CT molecular complexity index is 2370. The van der Waals surface area contributed by atoms with Gasteiger partial charge in [-0.3, -0.25) is 4.90 Å². The lowest BCUT2D eigenvalue weighted by atomic mass is 9.69. The van der Waals surface area contributed by atoms with Crippen molar-refractivity contribution in [2.24, 2.45) is 10.8 Å². The van der Waals surface area contributed by atoms with E-state index in [1.54, 1.807) is 4.90 Å². The Balaban J connectivity index is 0.000000338. The molecular weight excluding hydrogens is 883 g/mol. The number of aromatic hydroxyl groups is 1. The number of benzene rings is 4. The van der Waals surface area contributed by atoms with Crippen LogP contribution in [0.1, 0.15) is 198 Å². The molecule has 5 rings (SSSR count). The number of nitrogens with zero attached hydrogens (tertiary/aromatic N) is 1. The first-order valence-corrected chi connectivity index (χ1v) is 26.7. The Kier molecular flexibility index (Phi) is 19.7. The highest BCUT2D eigenvalue weighted by Crippen LogP contribution is 2.43. The van der Waals surface area contributed by atoms with E-state index in [0.29, 0.717) is 19.0 Å². The monoisotopic (exact) mass is 978 g/mol. The summed E-state index contributed by atoms with van der Waals surface area (Å²) in [5.74, 6) is 1.16. The maximum Gasteiger partial charge on any atom is 0.413 e. The first-order chi connectivity index (χ1) is 32.9. The molecule has 4 aromatic rings. The fourth-order valence-electron chi connectivity index (χ4n) is 10.4. The van der Waals surface area contributed by atoms with Crippen molar-refractivity contribution in [1.29, 1.82) is 0 Å². The SMILES string of the molecule is CCC(CC)(c1ccc(CCC(O)C(C)(C)C)c(C)c1)c1ccc(OC[C@@H]2COC(C)(C)N2C(=O)OC(C)(C)C)c(C)c1.CCC(CC)(c1ccc(O)c(C)c1)c1ccc(CCC(O)C(C)(C)C)c(C)c1. The van der Waals surface area contributed by atoms with E-state index >= 15 is 0 Å². The second-order valence-electron chi connectivity index (χ2n) is 24.3. The second-order valence-corrected chi connectivity index (χ2v) is 24.3. The highest BCUT2D eigenvalue weighted by atomic mass is 16.6. The zero-order valence-electron chi connectivity index (χ0n) is 47.7. The number of aliphatic hydroxyl groups excluding tert-OH is 2. The number of ether oxygens (including phenoxy) is 3. The van der Waals surface area contributed by atoms with E-state index < -0.39 is 17.4 Å². The number of aliphatic hydroxyl groups is 2. The Morgan fingerprint density at radius 1 is 0.634 bits per heavy atom. The first kappa shape index (κ1) is 59.2. The summed E-state index contributed by atoms with van der Waals surface area (Å²) in [7, 11) is 0. The van der Waals surface area contributed by atoms with E-state index in [1.165, 1.54) is 44.5 Å². The number of phenols is 1. The van der Waals surface area contributed by atoms with Crippen molar-refractivity contribution in [3.8, 4) is 11.5 Å². The third kappa shape index (κ3) is 14.4. The zero-order chi connectivity index (χ0) is 53.5. The van der Waals surface area contributed by atoms with Crippen LogP contribution in [-0.4, -0.2) is 69.1 Å². The number of aryl methyl sites for hydroxylation is 6. The van der Waals surface area contributed by atoms with Gasteiger partial charge in [0.1, 0.15) is 29.4 Å². The molecule has 0 aliphatic carbocycles. The van der Waals surface area contributed by atoms with Crippen molar-refractivity contribution in [3.05, 3.63) is 128 Å². The van der Waals surface area contributed by atoms with E-state index in [1.807, 2.05) is 47.6 Å². The Morgan fingerprint density at radius 3 is 1.39 bits per heavy atom. The van der Waals surface area contributed by atoms with Gasteiger partial charge in [-0.1, -0.05) is 130 Å². The fourth-order valence-corrected chi connectivity index (χ4v) is 10.4. The van der Waals surface area contributed by atoms with Crippen molar-refractivity contribution in [1.82, 2.24) is 4.90 Å². The van der Waals surface area contributed by atoms with Gasteiger partial charge in [0.15, 0.2) is 0 Å². The lowest BCUT2D eigenvalue weighted by molar-refractivity contribution is -0.0637. The quantitative estimate of drug-likeness (QED) is 0.0967. The maximum absolute atomic E-state index is 13.0. The molecule has 1 amide bonds. The first-order valence-electron chi connectivity index (χ1n) is 26.7. The van der Waals surface area contributed by atoms with Gasteiger partial charge in [-0.05, 0) is 192 Å². The van der Waals surface area contributed by atoms with Crippen LogP contribution in [-0.2, 0) is 33.1 Å². The summed E-state index contributed by atoms with van der Waals surface area (Å²) in [5, 5.41) is 30.9. The van der Waals surface area contributed by atoms with Crippen LogP contribution >= 0.6 is 0 Å². The largest absolute Gasteiger partial charge is 0.508 e. The van der Waals surface area contributed by atoms with Gasteiger partial charge in [-0.25, -0.2) is 4.79 Å². The maximum atomic E-state index is 13.0. The minimum atomic E-state index is -0.767. The average molecular weight is 978 g/mol. The summed E-state index contributed by atoms with van der Waals surface area (Å²) >= 11 is 0. The van der Waals surface area contributed by atoms with E-state index in [0.717, 1.165) is 68.2 Å². The van der Waals surface area contributed by atoms with Gasteiger partial charge in [-0.15, -0.1) is 0 Å². The molecular formula is C63H95NO7. The predicted molar refractivity (Wildman–Crippen MR) is 294 cm³/mol. The van der Waals surface area contributed by atoms with Crippen LogP contribution in [0.15, 0.2) is 72.8 Å². The van der Waals surface area contributed by atoms with Gasteiger partial charge in [0.25, 0.3) is 0 Å². The third-order valence-corrected chi connectivity index (χ3v) is 15.7. The molecule has 3 N–H and O–H groups in total. The standard InChI is InChI=1S/C37H57NO5.C26H38O2/c1-13-37(14-2,28-17-15-27(25(3)21-28)16-20-32(39)34(5,6)7)29-18-19-31(26(4)22-29)41-23-30-24-42-36(11,12)38(30)33(40)43-35(8,9)10;1-8-26(9-2,22-13-14-23(27)19(4)17-22)21-12-10-20(18(3)16-21)11-15-24(28)25(5,6)7/h15,17-19,21-22,30,32,39H,13-14,16,20,23-24H2,1-12H3;10,12-14,16-17,24,27-28H,8-9,11,15H2,1-7H3/t30-,32?;/m1./s1. The Hall–Kier alpha value is -4.37. The number of rotatable bonds is 17. The molecule has 0 saturated carbocycles. The molecule has 1 fully saturated rings. The minimum Gasteiger partial charge on any atom is -0.508 e. The van der Waals surface area contributed by atoms with Crippen molar-refractivity contribution >= 4 is 6.09 Å². The lowest BCUT2D eigenvalue weighted by Gasteiger charge is -2.35. The van der Waals surface area contributed by atoms with E-state index in [2.05, 4.69) is 157 Å². The number of carbonyl (C=O) groups is 1. The van der Waals surface area contributed by atoms with Crippen molar-refractivity contribution in [2.45, 2.75) is 223 Å². The van der Waals surface area contributed by atoms with Gasteiger partial charge >= 0.3 is 6.09 Å². The van der Waals surface area contributed by atoms with E-state index in [9.17, 15) is 20.1 Å². The number of hydrogen-bond acceptors (Lipinski definition) is 7. The predicted octanol–water partition coefficient (Wildman–Crippen LogP) is 15.0. The summed E-state index contributed by atoms with van der Waals surface area (Å²) in [6.45, 7) is 40.0. The van der Waals surface area contributed by atoms with Crippen molar-refractivity contribution < 1.29 is 34.3 Å². The molecule has 3 atom stereocenters. The van der Waals surface area contributed by atoms with Gasteiger partial charge < -0.3 is 29.5 Å². The molecule has 1 aliphatic heterocycles. The summed E-state index contributed by atoms with van der Waals surface area (Å²) in [4.78, 5) is 14.7. The van der Waals surface area contributed by atoms with Crippen molar-refractivity contribution in [2.75, 3.05) is 13.2 Å². The van der Waals surface area contributed by atoms with Crippen LogP contribution < -0.4 is 4.74 Å². The number of amides is 1. The molecule has 1 saturated heterocycles. The lowest BCUT2D eigenvalue weighted by Crippen LogP contribution is -2.51. The summed E-state index contributed by atoms with van der Waals surface area (Å²) in [5.41, 5.74) is 10.7. The summed E-state index contributed by atoms with van der Waals surface area (Å²) < 4.78 is 18.0. The molecule has 8 nitrogen and oxygen atoms in total. The number of phenolic OH excluding ortho intramolecular Hbond substituents is 1. The zero-order valence-corrected chi connectivity index (χ0v) is 47.7. The highest BCUT2D eigenvalue weighted by Gasteiger charge is 2.46. The normalized spacial score (nSPS) is 16.3. The number of hydrogen-bond donors (Lipinski definition) is 3. The van der Waals surface area contributed by atoms with Gasteiger partial charge in [0.05, 0.1) is 24.9 Å². The van der Waals surface area contributed by atoms with Crippen LogP contribution in [0.4, 0.5) is 4.79 Å². The van der Waals surface area contributed by atoms with E-state index in [4.69, 9.17) is 14.2 Å². The topological polar surface area (TPSA) is 109 Å². The molecule has 394 valence electrons. The molecule has 0 radical (unpaired) electrons. The molecule has 0 spiro atoms. The van der Waals surface area contributed by atoms with Gasteiger partial charge in [0, 0.05) is 10.8 Å². The summed E-state index contributed by atoms with van der Waals surface area (Å²) in [6, 6.07) is 26.0. The molecule has 4 aromatic carbocycles. The minimum absolute atomic E-state index is 0.0489. The fraction of sp³-hybridized carbons (Fsp3) is 0.603. The van der Waals surface area contributed by atoms with E-state index in [-0.39, 0.29) is 39.9 Å². The molecule has 8 heteroatoms. The molecule has 1 heterocycles. The second kappa shape index (κ2) is 23.7. The van der Waals surface area contributed by atoms with Crippen LogP contribution in [0.2, 0.25) is 0 Å². The Labute approximate surface area is 430 Å². The van der Waals surface area contributed by atoms with Crippen LogP contribution in [0.3, 0.4) is 0 Å². The van der Waals surface area contributed by atoms with Crippen LogP contribution in [0, 0.1) is 38.5 Å². The summed E-state index contributed by atoms with van der Waals surface area (Å²) in [6.07, 6.45) is 6.27. The number of carbonyl (C=O) groups excluding carboxylic acids is 1. The van der Waals surface area contributed by atoms with Gasteiger partial charge in [0.2, 0.25) is 0 Å². The highest BCUT2D eigenvalue weighted by molar-refractivity contribution is 5.69. The molecule has 0 aromatic heterocycles. The molecule has 1 aliphatic rings. The van der Waals surface area contributed by atoms with Crippen LogP contribution in [0.5, 0.6) is 11.5 Å². The Morgan fingerprint density at radius 2 is 1.03 bits per heavy atom. The smallest absolute Gasteiger partial charge is 0.413 e.